The van der Waals surface area contributed by atoms with E-state index in [0.717, 1.165) is 35.3 Å². The summed E-state index contributed by atoms with van der Waals surface area (Å²) in [6.45, 7) is 8.62. The minimum atomic E-state index is 0.00733. The molecule has 1 atom stereocenters. The molecule has 150 valence electrons. The summed E-state index contributed by atoms with van der Waals surface area (Å²) in [5, 5.41) is 13.4. The number of rotatable bonds is 10. The van der Waals surface area contributed by atoms with Crippen molar-refractivity contribution in [3.05, 3.63) is 40.3 Å². The second-order valence-corrected chi connectivity index (χ2v) is 8.72. The highest BCUT2D eigenvalue weighted by molar-refractivity contribution is 7.17. The molecule has 3 nitrogen and oxygen atoms in total. The molecule has 0 aliphatic rings. The van der Waals surface area contributed by atoms with E-state index in [1.807, 2.05) is 6.92 Å². The van der Waals surface area contributed by atoms with Crippen LogP contribution in [-0.4, -0.2) is 5.91 Å². The number of nitrogens with zero attached hydrogens (tertiary/aromatic N) is 1. The molecule has 1 amide bonds. The van der Waals surface area contributed by atoms with Gasteiger partial charge in [0.15, 0.2) is 0 Å². The van der Waals surface area contributed by atoms with Gasteiger partial charge in [0.05, 0.1) is 5.56 Å². The van der Waals surface area contributed by atoms with Crippen LogP contribution in [0.1, 0.15) is 87.6 Å². The molecular formula is C24H32N2OS. The number of thiophene rings is 1. The van der Waals surface area contributed by atoms with E-state index in [0.29, 0.717) is 22.9 Å². The lowest BCUT2D eigenvalue weighted by Crippen LogP contribution is -2.10. The number of hydrogen-bond acceptors (Lipinski definition) is 3. The molecule has 0 aliphatic heterocycles. The van der Waals surface area contributed by atoms with Gasteiger partial charge in [-0.2, -0.15) is 5.26 Å². The van der Waals surface area contributed by atoms with Crippen molar-refractivity contribution in [1.29, 1.82) is 5.26 Å². The van der Waals surface area contributed by atoms with Crippen LogP contribution >= 0.6 is 11.3 Å². The highest BCUT2D eigenvalue weighted by atomic mass is 32.1. The lowest BCUT2D eigenvalue weighted by molar-refractivity contribution is -0.116. The molecule has 2 rings (SSSR count). The third kappa shape index (κ3) is 5.69. The fraction of sp³-hybridized carbons (Fsp3) is 0.500. The lowest BCUT2D eigenvalue weighted by Gasteiger charge is -2.10. The molecule has 1 unspecified atom stereocenters. The van der Waals surface area contributed by atoms with Gasteiger partial charge in [0.25, 0.3) is 0 Å². The number of anilines is 1. The SMILES string of the molecule is CCCCCCCC(=O)Nc1sc(C)c(-c2ccc(C(C)CC)cc2)c1C#N. The van der Waals surface area contributed by atoms with Gasteiger partial charge < -0.3 is 5.32 Å². The molecule has 0 fully saturated rings. The lowest BCUT2D eigenvalue weighted by atomic mass is 9.95. The molecule has 1 aromatic carbocycles. The number of carbonyl (C=O) groups excluding carboxylic acids is 1. The first kappa shape index (κ1) is 22.2. The maximum Gasteiger partial charge on any atom is 0.225 e. The molecule has 0 bridgehead atoms. The summed E-state index contributed by atoms with van der Waals surface area (Å²) >= 11 is 1.50. The number of amides is 1. The molecule has 0 saturated heterocycles. The molecule has 1 aromatic heterocycles. The standard InChI is InChI=1S/C24H32N2OS/c1-5-7-8-9-10-11-22(27)26-24-21(16-25)23(18(4)28-24)20-14-12-19(13-15-20)17(3)6-2/h12-15,17H,5-11H2,1-4H3,(H,26,27). The highest BCUT2D eigenvalue weighted by Crippen LogP contribution is 2.39. The summed E-state index contributed by atoms with van der Waals surface area (Å²) in [7, 11) is 0. The smallest absolute Gasteiger partial charge is 0.225 e. The number of nitriles is 1. The minimum Gasteiger partial charge on any atom is -0.317 e. The Morgan fingerprint density at radius 2 is 1.82 bits per heavy atom. The first-order valence-electron chi connectivity index (χ1n) is 10.4. The van der Waals surface area contributed by atoms with E-state index in [1.165, 1.54) is 36.2 Å². The Hall–Kier alpha value is -2.12. The summed E-state index contributed by atoms with van der Waals surface area (Å²) in [6.07, 6.45) is 7.23. The van der Waals surface area contributed by atoms with Gasteiger partial charge in [0.2, 0.25) is 5.91 Å². The van der Waals surface area contributed by atoms with Crippen molar-refractivity contribution in [2.24, 2.45) is 0 Å². The Morgan fingerprint density at radius 1 is 1.14 bits per heavy atom. The zero-order valence-corrected chi connectivity index (χ0v) is 18.4. The normalized spacial score (nSPS) is 11.8. The third-order valence-corrected chi connectivity index (χ3v) is 6.36. The number of nitrogens with one attached hydrogen (secondary N) is 1. The molecule has 0 aliphatic carbocycles. The van der Waals surface area contributed by atoms with Crippen molar-refractivity contribution in [2.75, 3.05) is 5.32 Å². The predicted octanol–water partition coefficient (Wildman–Crippen LogP) is 7.41. The van der Waals surface area contributed by atoms with Gasteiger partial charge in [-0.1, -0.05) is 70.7 Å². The van der Waals surface area contributed by atoms with Crippen LogP contribution in [0.15, 0.2) is 24.3 Å². The summed E-state index contributed by atoms with van der Waals surface area (Å²) in [5.41, 5.74) is 3.88. The molecule has 4 heteroatoms. The van der Waals surface area contributed by atoms with Gasteiger partial charge in [-0.25, -0.2) is 0 Å². The first-order chi connectivity index (χ1) is 13.5. The zero-order chi connectivity index (χ0) is 20.5. The summed E-state index contributed by atoms with van der Waals surface area (Å²) in [5.74, 6) is 0.535. The van der Waals surface area contributed by atoms with Crippen LogP contribution in [0.2, 0.25) is 0 Å². The quantitative estimate of drug-likeness (QED) is 0.425. The van der Waals surface area contributed by atoms with Crippen LogP contribution in [0.25, 0.3) is 11.1 Å². The first-order valence-corrected chi connectivity index (χ1v) is 11.3. The van der Waals surface area contributed by atoms with Crippen LogP contribution in [0, 0.1) is 18.3 Å². The van der Waals surface area contributed by atoms with Crippen molar-refractivity contribution in [3.8, 4) is 17.2 Å². The monoisotopic (exact) mass is 396 g/mol. The van der Waals surface area contributed by atoms with Gasteiger partial charge in [-0.3, -0.25) is 4.79 Å². The maximum absolute atomic E-state index is 12.3. The number of carbonyl (C=O) groups is 1. The van der Waals surface area contributed by atoms with Gasteiger partial charge in [0.1, 0.15) is 11.1 Å². The molecular weight excluding hydrogens is 364 g/mol. The van der Waals surface area contributed by atoms with E-state index in [2.05, 4.69) is 56.4 Å². The number of hydrogen-bond donors (Lipinski definition) is 1. The number of benzene rings is 1. The van der Waals surface area contributed by atoms with Crippen LogP contribution < -0.4 is 5.32 Å². The van der Waals surface area contributed by atoms with E-state index in [4.69, 9.17) is 0 Å². The Morgan fingerprint density at radius 3 is 2.43 bits per heavy atom. The van der Waals surface area contributed by atoms with Crippen molar-refractivity contribution < 1.29 is 4.79 Å². The Balaban J connectivity index is 2.13. The van der Waals surface area contributed by atoms with Crippen molar-refractivity contribution in [2.45, 2.75) is 78.6 Å². The third-order valence-electron chi connectivity index (χ3n) is 5.34. The second kappa shape index (κ2) is 11.0. The van der Waals surface area contributed by atoms with E-state index in [9.17, 15) is 10.1 Å². The zero-order valence-electron chi connectivity index (χ0n) is 17.6. The predicted molar refractivity (Wildman–Crippen MR) is 120 cm³/mol. The molecule has 28 heavy (non-hydrogen) atoms. The van der Waals surface area contributed by atoms with Gasteiger partial charge in [-0.15, -0.1) is 11.3 Å². The topological polar surface area (TPSA) is 52.9 Å². The summed E-state index contributed by atoms with van der Waals surface area (Å²) < 4.78 is 0. The molecule has 2 aromatic rings. The van der Waals surface area contributed by atoms with Gasteiger partial charge in [-0.05, 0) is 36.8 Å². The van der Waals surface area contributed by atoms with Crippen molar-refractivity contribution in [1.82, 2.24) is 0 Å². The Labute approximate surface area is 173 Å². The van der Waals surface area contributed by atoms with E-state index < -0.39 is 0 Å². The van der Waals surface area contributed by atoms with Gasteiger partial charge >= 0.3 is 0 Å². The largest absolute Gasteiger partial charge is 0.317 e. The van der Waals surface area contributed by atoms with E-state index in [-0.39, 0.29) is 5.91 Å². The van der Waals surface area contributed by atoms with Crippen LogP contribution in [0.5, 0.6) is 0 Å². The summed E-state index contributed by atoms with van der Waals surface area (Å²) in [6, 6.07) is 10.8. The molecule has 1 heterocycles. The average Bonchev–Trinajstić information content (AvgIpc) is 3.01. The average molecular weight is 397 g/mol. The Kier molecular flexibility index (Phi) is 8.73. The highest BCUT2D eigenvalue weighted by Gasteiger charge is 2.19. The Bertz CT molecular complexity index is 814. The van der Waals surface area contributed by atoms with E-state index >= 15 is 0 Å². The van der Waals surface area contributed by atoms with Crippen molar-refractivity contribution in [3.63, 3.8) is 0 Å². The van der Waals surface area contributed by atoms with Gasteiger partial charge in [0, 0.05) is 16.9 Å². The second-order valence-electron chi connectivity index (χ2n) is 7.49. The van der Waals surface area contributed by atoms with E-state index in [1.54, 1.807) is 0 Å². The van der Waals surface area contributed by atoms with Crippen molar-refractivity contribution >= 4 is 22.2 Å². The van der Waals surface area contributed by atoms with Crippen LogP contribution in [-0.2, 0) is 4.79 Å². The van der Waals surface area contributed by atoms with Crippen LogP contribution in [0.3, 0.4) is 0 Å². The molecule has 0 spiro atoms. The molecule has 0 saturated carbocycles. The van der Waals surface area contributed by atoms with Crippen LogP contribution in [0.4, 0.5) is 5.00 Å². The molecule has 1 N–H and O–H groups in total. The summed E-state index contributed by atoms with van der Waals surface area (Å²) in [4.78, 5) is 13.4. The fourth-order valence-corrected chi connectivity index (χ4v) is 4.42. The number of unbranched alkanes of at least 4 members (excludes halogenated alkanes) is 4. The maximum atomic E-state index is 12.3. The number of aryl methyl sites for hydroxylation is 1. The molecule has 0 radical (unpaired) electrons. The fourth-order valence-electron chi connectivity index (χ4n) is 3.38. The minimum absolute atomic E-state index is 0.00733.